The second-order valence-electron chi connectivity index (χ2n) is 26.9. The van der Waals surface area contributed by atoms with E-state index >= 15 is 0 Å². The molecule has 61 nitrogen and oxygen atoms in total. The third-order valence-electron chi connectivity index (χ3n) is 18.4. The van der Waals surface area contributed by atoms with E-state index in [1.165, 1.54) is 42.9 Å². The Balaban J connectivity index is 0.000000199. The number of fused-ring (bicyclic) bond motifs is 14. The quantitative estimate of drug-likeness (QED) is 0.00915. The van der Waals surface area contributed by atoms with E-state index in [1.54, 1.807) is 12.4 Å². The maximum atomic E-state index is 9.92. The standard InChI is InChI=1S/C40H26N4O.C40H24N4O.2C2H4O2.HN43.N3.O.3Pd/c2*1-2-12-28(13-3-1)43-34-17-5-4-15-31(34)39-35(43)21-22-36-40(39)32-20-19-30(26-37(32)44(36)38-18-7-9-24-42-38)45-29-14-10-11-27(25-29)33-16-6-8-23-41-33;2*1-2(3)4;1-3-5-7-9-11-13-15-17-19-21-23-25-27-29-31-33-35-37-39-41-43-42-40-38-36-34-32-30-28-26-24-22-20-18-16-14-12-10-8-6-4-2;1-3-2;;;;/h1-26H;1-24H;2*1H3,(H,3,4);1H;;;;;/q;-2;;;;-1;;;;+2/b;;;;3-1?,6-4+,7-5+,10-8+,11-9+,14-12+,15-13+,18-16+,19-17+,22-20+,23-21+,26-24+,27-25+,30-28+,31-29+,34-32+,35-33+,38-36+,39-37+,42-40+,43-41+;;;;;. The van der Waals surface area contributed by atoms with Crippen LogP contribution in [0.2, 0.25) is 0 Å². The van der Waals surface area contributed by atoms with Crippen LogP contribution < -0.4 is 9.47 Å². The number of pyridine rings is 4. The molecule has 0 saturated heterocycles. The van der Waals surface area contributed by atoms with Gasteiger partial charge in [0, 0.05) is 246 Å². The molecule has 0 radical (unpaired) electrons. The number of aromatic nitrogens is 8. The molecule has 0 atom stereocenters. The molecule has 64 heteroatoms. The van der Waals surface area contributed by atoms with Gasteiger partial charge >= 0.3 is 103 Å². The van der Waals surface area contributed by atoms with Crippen LogP contribution in [0.25, 0.3) is 149 Å². The van der Waals surface area contributed by atoms with Gasteiger partial charge in [-0.3, -0.25) is 24.1 Å². The van der Waals surface area contributed by atoms with Crippen LogP contribution in [0.1, 0.15) is 13.8 Å². The number of hydrogen-bond acceptors (Lipinski definition) is 11. The van der Waals surface area contributed by atoms with E-state index in [1.807, 2.05) is 122 Å². The summed E-state index contributed by atoms with van der Waals surface area (Å²) in [7, 11) is 0. The number of hydrogen-bond donors (Lipinski definition) is 3. The van der Waals surface area contributed by atoms with Crippen molar-refractivity contribution in [3.05, 3.63) is 332 Å². The first-order chi connectivity index (χ1) is 72.0. The fraction of sp³-hybridized carbons (Fsp3) is 0.0238. The first kappa shape index (κ1) is 107. The van der Waals surface area contributed by atoms with Crippen LogP contribution in [-0.2, 0) is 71.7 Å². The van der Waals surface area contributed by atoms with Crippen molar-refractivity contribution in [2.24, 2.45) is 218 Å². The van der Waals surface area contributed by atoms with Crippen LogP contribution >= 0.6 is 0 Å². The molecule has 0 bridgehead atoms. The van der Waals surface area contributed by atoms with Gasteiger partial charge in [0.25, 0.3) is 11.9 Å². The van der Waals surface area contributed by atoms with Crippen LogP contribution in [0.15, 0.2) is 522 Å². The van der Waals surface area contributed by atoms with E-state index in [0.29, 0.717) is 11.5 Å². The van der Waals surface area contributed by atoms with Crippen molar-refractivity contribution >= 4 is 99.2 Å². The summed E-state index contributed by atoms with van der Waals surface area (Å²) in [6.45, 7) is 2.17. The van der Waals surface area contributed by atoms with Gasteiger partial charge in [-0.05, 0) is 180 Å². The van der Waals surface area contributed by atoms with E-state index in [-0.39, 0.29) is 40.8 Å². The Kier molecular flexibility index (Phi) is 42.7. The zero-order valence-electron chi connectivity index (χ0n) is 75.0. The average Bonchev–Trinajstić information content (AvgIpc) is 1.55. The smallest absolute Gasteiger partial charge is 0.503 e. The normalized spacial score (nSPS) is 12.0. The second kappa shape index (κ2) is 58.8. The largest absolute Gasteiger partial charge is 2.00 e. The molecule has 8 aromatic heterocycles. The summed E-state index contributed by atoms with van der Waals surface area (Å²) in [4.78, 5) is 38.0. The van der Waals surface area contributed by atoms with Gasteiger partial charge in [-0.1, -0.05) is 127 Å². The van der Waals surface area contributed by atoms with Crippen molar-refractivity contribution in [3.63, 3.8) is 0 Å². The van der Waals surface area contributed by atoms with E-state index in [2.05, 4.69) is 428 Å². The molecule has 8 heterocycles. The molecule has 10 aromatic carbocycles. The Morgan fingerprint density at radius 2 is 0.662 bits per heavy atom. The van der Waals surface area contributed by atoms with Gasteiger partial charge in [0.2, 0.25) is 0 Å². The Morgan fingerprint density at radius 1 is 0.324 bits per heavy atom. The van der Waals surface area contributed by atoms with Crippen LogP contribution in [0.4, 0.5) is 0 Å². The second-order valence-corrected chi connectivity index (χ2v) is 27.5. The molecule has 0 unspecified atom stereocenters. The summed E-state index contributed by atoms with van der Waals surface area (Å²) in [5.74, 6) is 2.72. The molecule has 0 fully saturated rings. The summed E-state index contributed by atoms with van der Waals surface area (Å²) < 4.78 is 34.9. The van der Waals surface area contributed by atoms with Gasteiger partial charge < -0.3 is 49.4 Å². The minimum absolute atomic E-state index is 0. The number of rotatable bonds is 31. The number of aliphatic carboxylic acids is 2. The monoisotopic (exact) mass is 2250 g/mol. The van der Waals surface area contributed by atoms with Crippen molar-refractivity contribution in [3.8, 4) is 68.5 Å². The predicted molar refractivity (Wildman–Crippen MR) is 505 cm³/mol. The van der Waals surface area contributed by atoms with Crippen molar-refractivity contribution < 1.29 is 91.3 Å². The first-order valence-electron chi connectivity index (χ1n) is 40.8. The molecular formula is C84H59N54O7Pd3-. The van der Waals surface area contributed by atoms with E-state index in [9.17, 15) is 3.47 Å². The topological polar surface area (TPSA) is 783 Å². The maximum absolute atomic E-state index is 9.92. The van der Waals surface area contributed by atoms with Gasteiger partial charge in [0.1, 0.15) is 23.1 Å². The molecule has 0 saturated carbocycles. The minimum atomic E-state index is -1.18. The van der Waals surface area contributed by atoms with Crippen molar-refractivity contribution in [1.82, 2.24) is 38.2 Å². The number of ether oxygens (including phenoxy) is 2. The molecule has 0 aliphatic heterocycles. The molecule has 0 spiro atoms. The van der Waals surface area contributed by atoms with E-state index in [4.69, 9.17) is 55.8 Å². The fourth-order valence-electron chi connectivity index (χ4n) is 13.7. The number of carboxylic acid groups (broad SMARTS) is 2. The Bertz CT molecular complexity index is 7980. The third kappa shape index (κ3) is 30.5. The molecule has 738 valence electrons. The molecule has 18 aromatic rings. The Morgan fingerprint density at radius 3 is 1.07 bits per heavy atom. The summed E-state index contributed by atoms with van der Waals surface area (Å²) in [5, 5.41) is 146. The van der Waals surface area contributed by atoms with Crippen LogP contribution in [0.3, 0.4) is 0 Å². The van der Waals surface area contributed by atoms with Crippen molar-refractivity contribution in [2.45, 2.75) is 13.8 Å². The zero-order chi connectivity index (χ0) is 102. The van der Waals surface area contributed by atoms with Gasteiger partial charge in [0.15, 0.2) is 0 Å². The molecule has 148 heavy (non-hydrogen) atoms. The van der Waals surface area contributed by atoms with E-state index in [0.717, 1.165) is 120 Å². The van der Waals surface area contributed by atoms with Crippen LogP contribution in [-0.4, -0.2) is 60.4 Å². The summed E-state index contributed by atoms with van der Waals surface area (Å²) in [6.07, 6.45) is 7.26. The molecule has 0 aliphatic rings. The first-order valence-corrected chi connectivity index (χ1v) is 42.1. The predicted octanol–water partition coefficient (Wildman–Crippen LogP) is 28.8. The molecule has 3 N–H and O–H groups in total. The van der Waals surface area contributed by atoms with Crippen molar-refractivity contribution in [2.75, 3.05) is 0 Å². The van der Waals surface area contributed by atoms with Gasteiger partial charge in [0.05, 0.1) is 38.8 Å². The summed E-state index contributed by atoms with van der Waals surface area (Å²) in [5.41, 5.74) is 34.4. The number of nitrogens with one attached hydrogen (secondary N) is 1. The number of para-hydroxylation sites is 4. The number of benzene rings is 10. The zero-order valence-corrected chi connectivity index (χ0v) is 79.6. The maximum Gasteiger partial charge on any atom is 2.00 e. The molecular weight excluding hydrogens is 2200 g/mol. The SMILES string of the molecule is CC(=O)O.CC(=O)O.N=N/N=N/N=N/N=N/N=N/N=N/N=N/N=N/N=N/N=N/N=N/N=N/N=N/N=N/N=N/N=N/N=N/N=N/N=N/N=N/N=N/[N]=[Pd]=[O].[N-]=[N+]=[N-].[Pd+2].[Pd].[c-]1c(Oc2[c-]c3c(cc2)c2c4c5ccccc5n(-c5ccccc5)c4ccc2n3-c2ccccn2)cccc1-c1ccccn1.c1ccc(-n2c3ccccc3c3c4c5ccc(Oc6cccc(-c7ccccn7)c6)cc5n(-c5ccccn5)c4ccc32)cc1. The molecule has 0 aliphatic carbocycles. The summed E-state index contributed by atoms with van der Waals surface area (Å²) in [6, 6.07) is 102. The van der Waals surface area contributed by atoms with Crippen LogP contribution in [0, 0.1) is 17.7 Å². The Hall–Kier alpha value is -21.0. The van der Waals surface area contributed by atoms with Gasteiger partial charge in [-0.25, -0.2) is 9.97 Å². The van der Waals surface area contributed by atoms with E-state index < -0.39 is 29.7 Å². The molecule has 18 rings (SSSR count). The third-order valence-corrected chi connectivity index (χ3v) is 18.7. The average molecular weight is 2260 g/mol. The number of nitrogens with zero attached hydrogens (tertiary/aromatic N) is 53. The van der Waals surface area contributed by atoms with Crippen LogP contribution in [0.5, 0.6) is 23.0 Å². The summed E-state index contributed by atoms with van der Waals surface area (Å²) >= 11 is -1.18. The minimum Gasteiger partial charge on any atom is -0.503 e. The fourth-order valence-corrected chi connectivity index (χ4v) is 13.8. The van der Waals surface area contributed by atoms with Gasteiger partial charge in [-0.2, -0.15) is 11.6 Å². The molecule has 0 amide bonds. The van der Waals surface area contributed by atoms with Gasteiger partial charge in [-0.15, -0.1) is 41.3 Å². The Labute approximate surface area is 860 Å². The van der Waals surface area contributed by atoms with Crippen molar-refractivity contribution in [1.29, 1.82) is 5.53 Å². The number of carbonyl (C=O) groups is 2. The number of carboxylic acids is 2.